The van der Waals surface area contributed by atoms with Gasteiger partial charge in [0.2, 0.25) is 5.95 Å². The summed E-state index contributed by atoms with van der Waals surface area (Å²) in [7, 11) is 1.60. The van der Waals surface area contributed by atoms with Crippen LogP contribution in [0.4, 0.5) is 10.3 Å². The summed E-state index contributed by atoms with van der Waals surface area (Å²) >= 11 is 5.84. The Morgan fingerprint density at radius 3 is 2.75 bits per heavy atom. The molecule has 0 amide bonds. The Balaban J connectivity index is 1.89. The Morgan fingerprint density at radius 1 is 1.25 bits per heavy atom. The summed E-state index contributed by atoms with van der Waals surface area (Å²) in [5.74, 6) is 0.0743. The zero-order valence-corrected chi connectivity index (χ0v) is 16.0. The van der Waals surface area contributed by atoms with Gasteiger partial charge in [0.1, 0.15) is 17.5 Å². The zero-order chi connectivity index (χ0) is 19.8. The van der Waals surface area contributed by atoms with E-state index in [4.69, 9.17) is 16.3 Å². The second-order valence-corrected chi connectivity index (χ2v) is 6.92. The van der Waals surface area contributed by atoms with Gasteiger partial charge in [0.25, 0.3) is 0 Å². The molecule has 4 rings (SSSR count). The fourth-order valence-electron chi connectivity index (χ4n) is 3.49. The third kappa shape index (κ3) is 2.94. The predicted octanol–water partition coefficient (Wildman–Crippen LogP) is 5.19. The number of nitriles is 1. The number of rotatable bonds is 3. The van der Waals surface area contributed by atoms with E-state index in [0.717, 1.165) is 5.56 Å². The second kappa shape index (κ2) is 7.10. The topological polar surface area (TPSA) is 63.2 Å². The number of methoxy groups -OCH3 is 1. The lowest BCUT2D eigenvalue weighted by molar-refractivity contribution is 0.416. The molecule has 1 aliphatic rings. The van der Waals surface area contributed by atoms with Crippen LogP contribution in [0.15, 0.2) is 53.7 Å². The van der Waals surface area contributed by atoms with Crippen LogP contribution in [0.2, 0.25) is 5.02 Å². The first-order chi connectivity index (χ1) is 13.5. The van der Waals surface area contributed by atoms with E-state index in [1.54, 1.807) is 20.1 Å². The second-order valence-electron chi connectivity index (χ2n) is 6.51. The number of nitrogens with zero attached hydrogens (tertiary/aromatic N) is 4. The van der Waals surface area contributed by atoms with Gasteiger partial charge < -0.3 is 9.30 Å². The first-order valence-corrected chi connectivity index (χ1v) is 9.03. The van der Waals surface area contributed by atoms with Gasteiger partial charge in [-0.25, -0.2) is 14.4 Å². The highest BCUT2D eigenvalue weighted by Gasteiger charge is 2.34. The van der Waals surface area contributed by atoms with Crippen LogP contribution in [0.3, 0.4) is 0 Å². The number of fused-ring (bicyclic) bond motifs is 1. The lowest BCUT2D eigenvalue weighted by atomic mass is 9.89. The number of ether oxygens (including phenoxy) is 1. The van der Waals surface area contributed by atoms with Crippen molar-refractivity contribution in [3.8, 4) is 23.1 Å². The summed E-state index contributed by atoms with van der Waals surface area (Å²) in [4.78, 5) is 9.13. The molecule has 5 nitrogen and oxygen atoms in total. The highest BCUT2D eigenvalue weighted by Crippen LogP contribution is 2.40. The monoisotopic (exact) mass is 394 g/mol. The number of halogens is 2. The lowest BCUT2D eigenvalue weighted by Crippen LogP contribution is -2.28. The molecule has 0 bridgehead atoms. The molecule has 3 aromatic rings. The summed E-state index contributed by atoms with van der Waals surface area (Å²) in [6.45, 7) is 1.79. The molecule has 2 aromatic carbocycles. The van der Waals surface area contributed by atoms with Crippen molar-refractivity contribution in [1.82, 2.24) is 9.55 Å². The van der Waals surface area contributed by atoms with Crippen LogP contribution >= 0.6 is 11.6 Å². The van der Waals surface area contributed by atoms with Gasteiger partial charge in [-0.15, -0.1) is 0 Å². The molecule has 0 radical (unpaired) electrons. The number of hydrogen-bond acceptors (Lipinski definition) is 4. The Hall–Kier alpha value is -3.17. The Bertz CT molecular complexity index is 1130. The SMILES string of the molecule is COc1ccccc1-c1cn2c(n1)N=C(C)C(C#N)C2c1ccc(Cl)c(F)c1. The molecular formula is C21H16ClFN4O. The molecule has 0 saturated carbocycles. The van der Waals surface area contributed by atoms with Gasteiger partial charge in [-0.3, -0.25) is 0 Å². The molecular weight excluding hydrogens is 379 g/mol. The molecule has 1 aliphatic heterocycles. The summed E-state index contributed by atoms with van der Waals surface area (Å²) in [6.07, 6.45) is 1.82. The predicted molar refractivity (Wildman–Crippen MR) is 106 cm³/mol. The van der Waals surface area contributed by atoms with Crippen molar-refractivity contribution < 1.29 is 9.13 Å². The normalized spacial score (nSPS) is 18.2. The standard InChI is InChI=1S/C21H16ClFN4O/c1-12-15(10-24)20(13-7-8-16(22)17(23)9-13)27-11-18(26-21(27)25-12)14-5-3-4-6-19(14)28-2/h3-9,11,15,20H,1-2H3. The number of aliphatic imine (C=N–C) groups is 1. The van der Waals surface area contributed by atoms with Crippen molar-refractivity contribution in [2.75, 3.05) is 7.11 Å². The van der Waals surface area contributed by atoms with E-state index in [2.05, 4.69) is 16.0 Å². The third-order valence-corrected chi connectivity index (χ3v) is 5.17. The number of benzene rings is 2. The molecule has 2 heterocycles. The van der Waals surface area contributed by atoms with Gasteiger partial charge in [0.05, 0.1) is 29.9 Å². The molecule has 2 unspecified atom stereocenters. The minimum atomic E-state index is -0.548. The smallest absolute Gasteiger partial charge is 0.230 e. The highest BCUT2D eigenvalue weighted by molar-refractivity contribution is 6.30. The Kier molecular flexibility index (Phi) is 4.62. The maximum atomic E-state index is 14.1. The quantitative estimate of drug-likeness (QED) is 0.614. The van der Waals surface area contributed by atoms with Crippen LogP contribution in [0.5, 0.6) is 5.75 Å². The van der Waals surface area contributed by atoms with Crippen molar-refractivity contribution in [1.29, 1.82) is 5.26 Å². The van der Waals surface area contributed by atoms with E-state index in [1.807, 2.05) is 35.0 Å². The van der Waals surface area contributed by atoms with E-state index in [-0.39, 0.29) is 5.02 Å². The molecule has 7 heteroatoms. The molecule has 0 aliphatic carbocycles. The van der Waals surface area contributed by atoms with Crippen LogP contribution in [-0.4, -0.2) is 22.4 Å². The maximum absolute atomic E-state index is 14.1. The molecule has 0 saturated heterocycles. The highest BCUT2D eigenvalue weighted by atomic mass is 35.5. The average Bonchev–Trinajstić information content (AvgIpc) is 3.12. The fourth-order valence-corrected chi connectivity index (χ4v) is 3.60. The Labute approximate surface area is 166 Å². The minimum absolute atomic E-state index is 0.0408. The first-order valence-electron chi connectivity index (χ1n) is 8.65. The van der Waals surface area contributed by atoms with E-state index >= 15 is 0 Å². The molecule has 1 aromatic heterocycles. The summed E-state index contributed by atoms with van der Waals surface area (Å²) in [5, 5.41) is 9.79. The number of hydrogen-bond donors (Lipinski definition) is 0. The Morgan fingerprint density at radius 2 is 2.04 bits per heavy atom. The average molecular weight is 395 g/mol. The van der Waals surface area contributed by atoms with Crippen molar-refractivity contribution in [2.24, 2.45) is 10.9 Å². The fraction of sp³-hybridized carbons (Fsp3) is 0.190. The van der Waals surface area contributed by atoms with Crippen molar-refractivity contribution in [3.63, 3.8) is 0 Å². The van der Waals surface area contributed by atoms with Gasteiger partial charge in [-0.05, 0) is 36.8 Å². The van der Waals surface area contributed by atoms with Crippen molar-refractivity contribution in [3.05, 3.63) is 65.1 Å². The summed E-state index contributed by atoms with van der Waals surface area (Å²) in [6, 6.07) is 14.0. The van der Waals surface area contributed by atoms with Crippen molar-refractivity contribution in [2.45, 2.75) is 13.0 Å². The number of para-hydroxylation sites is 1. The van der Waals surface area contributed by atoms with E-state index < -0.39 is 17.8 Å². The van der Waals surface area contributed by atoms with Crippen LogP contribution in [-0.2, 0) is 0 Å². The van der Waals surface area contributed by atoms with Crippen LogP contribution in [0.1, 0.15) is 18.5 Å². The van der Waals surface area contributed by atoms with Gasteiger partial charge in [0, 0.05) is 17.5 Å². The van der Waals surface area contributed by atoms with Gasteiger partial charge in [0.15, 0.2) is 0 Å². The maximum Gasteiger partial charge on any atom is 0.230 e. The molecule has 0 spiro atoms. The van der Waals surface area contributed by atoms with Crippen molar-refractivity contribution >= 4 is 23.3 Å². The largest absolute Gasteiger partial charge is 0.496 e. The summed E-state index contributed by atoms with van der Waals surface area (Å²) in [5.41, 5.74) is 2.75. The van der Waals surface area contributed by atoms with E-state index in [1.165, 1.54) is 12.1 Å². The van der Waals surface area contributed by atoms with Crippen LogP contribution < -0.4 is 4.74 Å². The van der Waals surface area contributed by atoms with E-state index in [0.29, 0.717) is 28.7 Å². The molecule has 2 atom stereocenters. The third-order valence-electron chi connectivity index (χ3n) is 4.86. The van der Waals surface area contributed by atoms with Crippen LogP contribution in [0.25, 0.3) is 11.3 Å². The van der Waals surface area contributed by atoms with Gasteiger partial charge >= 0.3 is 0 Å². The number of imidazole rings is 1. The molecule has 0 fully saturated rings. The van der Waals surface area contributed by atoms with Crippen LogP contribution in [0, 0.1) is 23.1 Å². The molecule has 140 valence electrons. The number of aromatic nitrogens is 2. The first kappa shape index (κ1) is 18.2. The van der Waals surface area contributed by atoms with Gasteiger partial charge in [-0.1, -0.05) is 29.8 Å². The van der Waals surface area contributed by atoms with Gasteiger partial charge in [-0.2, -0.15) is 5.26 Å². The molecule has 0 N–H and O–H groups in total. The minimum Gasteiger partial charge on any atom is -0.496 e. The van der Waals surface area contributed by atoms with E-state index in [9.17, 15) is 9.65 Å². The lowest BCUT2D eigenvalue weighted by Gasteiger charge is -2.28. The summed E-state index contributed by atoms with van der Waals surface area (Å²) < 4.78 is 21.4. The zero-order valence-electron chi connectivity index (χ0n) is 15.2. The molecule has 28 heavy (non-hydrogen) atoms.